The van der Waals surface area contributed by atoms with Crippen LogP contribution in [-0.4, -0.2) is 25.2 Å². The Balaban J connectivity index is 1.77. The predicted octanol–water partition coefficient (Wildman–Crippen LogP) is 4.26. The molecule has 1 atom stereocenters. The Morgan fingerprint density at radius 3 is 2.68 bits per heavy atom. The first-order valence-electron chi connectivity index (χ1n) is 7.42. The van der Waals surface area contributed by atoms with Gasteiger partial charge in [0, 0.05) is 19.0 Å². The minimum atomic E-state index is -2.99. The number of rotatable bonds is 5. The lowest BCUT2D eigenvalue weighted by Crippen LogP contribution is -2.32. The van der Waals surface area contributed by atoms with Crippen LogP contribution in [0, 0.1) is 5.82 Å². The molecule has 1 amide bonds. The minimum Gasteiger partial charge on any atom is -0.480 e. The van der Waals surface area contributed by atoms with E-state index < -0.39 is 24.4 Å². The van der Waals surface area contributed by atoms with Gasteiger partial charge in [-0.25, -0.2) is 4.39 Å². The van der Waals surface area contributed by atoms with Crippen molar-refractivity contribution in [2.24, 2.45) is 0 Å². The molecule has 1 heterocycles. The van der Waals surface area contributed by atoms with Crippen LogP contribution in [0.3, 0.4) is 0 Å². The fraction of sp³-hybridized carbons (Fsp3) is 0.235. The molecule has 8 heteroatoms. The molecule has 2 aromatic rings. The molecule has 4 nitrogen and oxygen atoms in total. The zero-order valence-corrected chi connectivity index (χ0v) is 13.6. The molecule has 0 saturated carbocycles. The maximum atomic E-state index is 13.2. The van der Waals surface area contributed by atoms with Crippen LogP contribution in [0.4, 0.5) is 18.9 Å². The quantitative estimate of drug-likeness (QED) is 0.788. The highest BCUT2D eigenvalue weighted by Crippen LogP contribution is 2.33. The number of para-hydroxylation sites is 2. The third kappa shape index (κ3) is 3.82. The summed E-state index contributed by atoms with van der Waals surface area (Å²) in [6, 6.07) is 9.83. The standard InChI is InChI=1S/C17H13ClF3NO3/c18-11-9-10(5-6-12(11)19)24-15-7-8-22(16(15)23)13-3-1-2-4-14(13)25-17(20)21/h1-6,9,15,17H,7-8H2. The van der Waals surface area contributed by atoms with Gasteiger partial charge in [0.1, 0.15) is 17.3 Å². The normalized spacial score (nSPS) is 17.2. The van der Waals surface area contributed by atoms with Crippen LogP contribution in [0.2, 0.25) is 5.02 Å². The second kappa shape index (κ2) is 7.23. The number of halogens is 4. The number of ether oxygens (including phenoxy) is 2. The van der Waals surface area contributed by atoms with E-state index in [1.54, 1.807) is 6.07 Å². The lowest BCUT2D eigenvalue weighted by atomic mass is 10.2. The highest BCUT2D eigenvalue weighted by atomic mass is 35.5. The van der Waals surface area contributed by atoms with Crippen molar-refractivity contribution in [1.29, 1.82) is 0 Å². The van der Waals surface area contributed by atoms with Gasteiger partial charge in [0.2, 0.25) is 0 Å². The number of amides is 1. The molecule has 0 aliphatic carbocycles. The molecule has 1 unspecified atom stereocenters. The second-order valence-corrected chi connectivity index (χ2v) is 5.71. The number of nitrogens with zero attached hydrogens (tertiary/aromatic N) is 1. The lowest BCUT2D eigenvalue weighted by Gasteiger charge is -2.20. The summed E-state index contributed by atoms with van der Waals surface area (Å²) in [5, 5.41) is -0.115. The maximum absolute atomic E-state index is 13.2. The number of hydrogen-bond acceptors (Lipinski definition) is 3. The van der Waals surface area contributed by atoms with Crippen molar-refractivity contribution < 1.29 is 27.4 Å². The third-order valence-corrected chi connectivity index (χ3v) is 3.99. The van der Waals surface area contributed by atoms with Gasteiger partial charge in [0.15, 0.2) is 6.10 Å². The minimum absolute atomic E-state index is 0.0867. The monoisotopic (exact) mass is 371 g/mol. The first kappa shape index (κ1) is 17.4. The Kier molecular flexibility index (Phi) is 5.03. The topological polar surface area (TPSA) is 38.8 Å². The van der Waals surface area contributed by atoms with Crippen molar-refractivity contribution in [2.45, 2.75) is 19.1 Å². The van der Waals surface area contributed by atoms with Crippen LogP contribution in [0.1, 0.15) is 6.42 Å². The first-order chi connectivity index (χ1) is 12.0. The number of benzene rings is 2. The van der Waals surface area contributed by atoms with E-state index in [4.69, 9.17) is 16.3 Å². The van der Waals surface area contributed by atoms with E-state index in [1.165, 1.54) is 35.2 Å². The van der Waals surface area contributed by atoms with Gasteiger partial charge < -0.3 is 14.4 Å². The average Bonchev–Trinajstić information content (AvgIpc) is 2.92. The van der Waals surface area contributed by atoms with E-state index in [2.05, 4.69) is 4.74 Å². The van der Waals surface area contributed by atoms with E-state index in [9.17, 15) is 18.0 Å². The summed E-state index contributed by atoms with van der Waals surface area (Å²) < 4.78 is 48.3. The molecule has 0 radical (unpaired) electrons. The van der Waals surface area contributed by atoms with Crippen molar-refractivity contribution in [3.63, 3.8) is 0 Å². The maximum Gasteiger partial charge on any atom is 0.387 e. The van der Waals surface area contributed by atoms with Crippen LogP contribution >= 0.6 is 11.6 Å². The molecule has 25 heavy (non-hydrogen) atoms. The van der Waals surface area contributed by atoms with Crippen molar-refractivity contribution in [3.8, 4) is 11.5 Å². The second-order valence-electron chi connectivity index (χ2n) is 5.31. The number of carbonyl (C=O) groups is 1. The van der Waals surface area contributed by atoms with Gasteiger partial charge in [-0.15, -0.1) is 0 Å². The van der Waals surface area contributed by atoms with E-state index in [0.29, 0.717) is 6.42 Å². The van der Waals surface area contributed by atoms with Crippen LogP contribution < -0.4 is 14.4 Å². The van der Waals surface area contributed by atoms with Crippen molar-refractivity contribution in [2.75, 3.05) is 11.4 Å². The molecule has 1 aliphatic heterocycles. The highest BCUT2D eigenvalue weighted by molar-refractivity contribution is 6.30. The predicted molar refractivity (Wildman–Crippen MR) is 85.9 cm³/mol. The lowest BCUT2D eigenvalue weighted by molar-refractivity contribution is -0.123. The van der Waals surface area contributed by atoms with E-state index in [1.807, 2.05) is 0 Å². The molecule has 3 rings (SSSR count). The molecule has 0 aromatic heterocycles. The number of hydrogen-bond donors (Lipinski definition) is 0. The molecule has 0 spiro atoms. The Morgan fingerprint density at radius 2 is 1.96 bits per heavy atom. The summed E-state index contributed by atoms with van der Waals surface area (Å²) in [7, 11) is 0. The number of carbonyl (C=O) groups excluding carboxylic acids is 1. The summed E-state index contributed by atoms with van der Waals surface area (Å²) >= 11 is 5.69. The zero-order valence-electron chi connectivity index (χ0n) is 12.8. The number of anilines is 1. The smallest absolute Gasteiger partial charge is 0.387 e. The fourth-order valence-corrected chi connectivity index (χ4v) is 2.76. The van der Waals surface area contributed by atoms with Gasteiger partial charge in [0.25, 0.3) is 5.91 Å². The molecule has 0 N–H and O–H groups in total. The molecule has 1 fully saturated rings. The van der Waals surface area contributed by atoms with Gasteiger partial charge in [-0.3, -0.25) is 4.79 Å². The van der Waals surface area contributed by atoms with Gasteiger partial charge in [-0.2, -0.15) is 8.78 Å². The van der Waals surface area contributed by atoms with Crippen LogP contribution in [-0.2, 0) is 4.79 Å². The molecule has 132 valence electrons. The summed E-state index contributed by atoms with van der Waals surface area (Å²) in [6.07, 6.45) is -0.474. The first-order valence-corrected chi connectivity index (χ1v) is 7.80. The Hall–Kier alpha value is -2.41. The molecule has 2 aromatic carbocycles. The van der Waals surface area contributed by atoms with Crippen molar-refractivity contribution >= 4 is 23.2 Å². The summed E-state index contributed by atoms with van der Waals surface area (Å²) in [4.78, 5) is 13.9. The fourth-order valence-electron chi connectivity index (χ4n) is 2.59. The van der Waals surface area contributed by atoms with Crippen LogP contribution in [0.5, 0.6) is 11.5 Å². The van der Waals surface area contributed by atoms with E-state index >= 15 is 0 Å². The third-order valence-electron chi connectivity index (χ3n) is 3.70. The van der Waals surface area contributed by atoms with Gasteiger partial charge in [0.05, 0.1) is 10.7 Å². The SMILES string of the molecule is O=C1C(Oc2ccc(F)c(Cl)c2)CCN1c1ccccc1OC(F)F. The van der Waals surface area contributed by atoms with E-state index in [-0.39, 0.29) is 28.8 Å². The van der Waals surface area contributed by atoms with Crippen molar-refractivity contribution in [1.82, 2.24) is 0 Å². The Labute approximate surface area is 146 Å². The van der Waals surface area contributed by atoms with Gasteiger partial charge >= 0.3 is 6.61 Å². The molecule has 1 aliphatic rings. The largest absolute Gasteiger partial charge is 0.480 e. The number of alkyl halides is 2. The molecular weight excluding hydrogens is 359 g/mol. The average molecular weight is 372 g/mol. The van der Waals surface area contributed by atoms with Crippen LogP contribution in [0.15, 0.2) is 42.5 Å². The summed E-state index contributed by atoms with van der Waals surface area (Å²) in [6.45, 7) is -2.71. The summed E-state index contributed by atoms with van der Waals surface area (Å²) in [5.41, 5.74) is 0.246. The Bertz CT molecular complexity index is 787. The van der Waals surface area contributed by atoms with Crippen molar-refractivity contribution in [3.05, 3.63) is 53.3 Å². The van der Waals surface area contributed by atoms with Crippen LogP contribution in [0.25, 0.3) is 0 Å². The highest BCUT2D eigenvalue weighted by Gasteiger charge is 2.36. The molecule has 1 saturated heterocycles. The molecule has 0 bridgehead atoms. The molecular formula is C17H13ClF3NO3. The van der Waals surface area contributed by atoms with Gasteiger partial charge in [-0.05, 0) is 24.3 Å². The van der Waals surface area contributed by atoms with E-state index in [0.717, 1.165) is 6.07 Å². The van der Waals surface area contributed by atoms with Gasteiger partial charge in [-0.1, -0.05) is 23.7 Å². The summed E-state index contributed by atoms with van der Waals surface area (Å²) in [5.74, 6) is -0.822. The zero-order chi connectivity index (χ0) is 18.0. The Morgan fingerprint density at radius 1 is 1.20 bits per heavy atom.